The minimum Gasteiger partial charge on any atom is -0.392 e. The normalized spacial score (nSPS) is 10.9. The lowest BCUT2D eigenvalue weighted by Gasteiger charge is -2.07. The molecule has 3 aromatic rings. The van der Waals surface area contributed by atoms with Gasteiger partial charge in [0.25, 0.3) is 0 Å². The average molecular weight is 341 g/mol. The van der Waals surface area contributed by atoms with Crippen LogP contribution in [0.15, 0.2) is 53.7 Å². The number of benzene rings is 2. The molecule has 0 fully saturated rings. The molecule has 1 amide bonds. The largest absolute Gasteiger partial charge is 0.392 e. The number of fused-ring (bicyclic) bond motifs is 1. The number of hydrogen-bond donors (Lipinski definition) is 2. The number of aromatic nitrogens is 2. The number of carbonyl (C=O) groups is 1. The van der Waals surface area contributed by atoms with Crippen molar-refractivity contribution in [3.8, 4) is 0 Å². The van der Waals surface area contributed by atoms with E-state index in [4.69, 9.17) is 5.11 Å². The first-order valence-electron chi connectivity index (χ1n) is 7.79. The molecule has 6 heteroatoms. The Morgan fingerprint density at radius 3 is 2.88 bits per heavy atom. The molecule has 1 heterocycles. The van der Waals surface area contributed by atoms with Crippen LogP contribution in [0, 0.1) is 0 Å². The quantitative estimate of drug-likeness (QED) is 0.675. The Morgan fingerprint density at radius 1 is 1.25 bits per heavy atom. The number of hydrogen-bond acceptors (Lipinski definition) is 4. The van der Waals surface area contributed by atoms with E-state index < -0.39 is 0 Å². The maximum atomic E-state index is 12.2. The molecule has 0 bridgehead atoms. The second kappa shape index (κ2) is 7.51. The first-order chi connectivity index (χ1) is 11.7. The van der Waals surface area contributed by atoms with Crippen LogP contribution in [-0.4, -0.2) is 26.3 Å². The van der Waals surface area contributed by atoms with Crippen molar-refractivity contribution in [1.29, 1.82) is 0 Å². The maximum Gasteiger partial charge on any atom is 0.234 e. The first-order valence-corrected chi connectivity index (χ1v) is 8.77. The van der Waals surface area contributed by atoms with E-state index in [0.29, 0.717) is 5.69 Å². The van der Waals surface area contributed by atoms with Crippen molar-refractivity contribution in [2.75, 3.05) is 11.1 Å². The molecule has 24 heavy (non-hydrogen) atoms. The monoisotopic (exact) mass is 341 g/mol. The van der Waals surface area contributed by atoms with Gasteiger partial charge < -0.3 is 15.0 Å². The summed E-state index contributed by atoms with van der Waals surface area (Å²) in [6, 6.07) is 15.2. The second-order valence-electron chi connectivity index (χ2n) is 5.32. The highest BCUT2D eigenvalue weighted by Gasteiger charge is 2.12. The Hall–Kier alpha value is -2.31. The highest BCUT2D eigenvalue weighted by molar-refractivity contribution is 7.99. The van der Waals surface area contributed by atoms with Crippen molar-refractivity contribution >= 4 is 34.4 Å². The van der Waals surface area contributed by atoms with E-state index >= 15 is 0 Å². The summed E-state index contributed by atoms with van der Waals surface area (Å²) >= 11 is 1.43. The first kappa shape index (κ1) is 16.5. The molecule has 0 radical (unpaired) electrons. The number of thioether (sulfide) groups is 1. The zero-order valence-electron chi connectivity index (χ0n) is 13.4. The topological polar surface area (TPSA) is 67.2 Å². The van der Waals surface area contributed by atoms with E-state index in [9.17, 15) is 4.79 Å². The summed E-state index contributed by atoms with van der Waals surface area (Å²) < 4.78 is 2.11. The van der Waals surface area contributed by atoms with Crippen LogP contribution in [0.5, 0.6) is 0 Å². The van der Waals surface area contributed by atoms with Crippen molar-refractivity contribution in [3.63, 3.8) is 0 Å². The molecule has 5 nitrogen and oxygen atoms in total. The van der Waals surface area contributed by atoms with Gasteiger partial charge in [-0.2, -0.15) is 0 Å². The number of imidazole rings is 1. The van der Waals surface area contributed by atoms with Gasteiger partial charge >= 0.3 is 0 Å². The molecular formula is C18H19N3O2S. The van der Waals surface area contributed by atoms with Gasteiger partial charge in [0.05, 0.1) is 23.4 Å². The predicted octanol–water partition coefficient (Wildman–Crippen LogP) is 3.28. The van der Waals surface area contributed by atoms with E-state index in [1.165, 1.54) is 11.8 Å². The molecule has 0 aliphatic heterocycles. The van der Waals surface area contributed by atoms with Crippen molar-refractivity contribution in [2.45, 2.75) is 25.2 Å². The van der Waals surface area contributed by atoms with Crippen LogP contribution in [0.25, 0.3) is 11.0 Å². The van der Waals surface area contributed by atoms with E-state index in [-0.39, 0.29) is 18.3 Å². The zero-order chi connectivity index (χ0) is 16.9. The lowest BCUT2D eigenvalue weighted by molar-refractivity contribution is -0.113. The molecule has 2 N–H and O–H groups in total. The Morgan fingerprint density at radius 2 is 2.08 bits per heavy atom. The summed E-state index contributed by atoms with van der Waals surface area (Å²) in [5.41, 5.74) is 3.49. The van der Waals surface area contributed by atoms with Crippen LogP contribution in [0.3, 0.4) is 0 Å². The number of carbonyl (C=O) groups excluding carboxylic acids is 1. The minimum atomic E-state index is -0.0928. The van der Waals surface area contributed by atoms with Gasteiger partial charge in [-0.1, -0.05) is 36.0 Å². The Bertz CT molecular complexity index is 860. The van der Waals surface area contributed by atoms with Gasteiger partial charge in [-0.3, -0.25) is 4.79 Å². The molecule has 0 spiro atoms. The second-order valence-corrected chi connectivity index (χ2v) is 6.27. The van der Waals surface area contributed by atoms with Crippen molar-refractivity contribution < 1.29 is 9.90 Å². The number of nitrogens with one attached hydrogen (secondary N) is 1. The number of amides is 1. The molecule has 2 aromatic carbocycles. The lowest BCUT2D eigenvalue weighted by atomic mass is 10.2. The highest BCUT2D eigenvalue weighted by Crippen LogP contribution is 2.24. The van der Waals surface area contributed by atoms with Gasteiger partial charge in [0.1, 0.15) is 0 Å². The van der Waals surface area contributed by atoms with Crippen LogP contribution in [-0.2, 0) is 17.9 Å². The van der Waals surface area contributed by atoms with E-state index in [2.05, 4.69) is 21.8 Å². The molecule has 124 valence electrons. The van der Waals surface area contributed by atoms with Gasteiger partial charge in [0.2, 0.25) is 5.91 Å². The third-order valence-corrected chi connectivity index (χ3v) is 4.64. The molecule has 0 aliphatic carbocycles. The third kappa shape index (κ3) is 3.60. The zero-order valence-corrected chi connectivity index (χ0v) is 14.2. The number of aliphatic hydroxyl groups is 1. The predicted molar refractivity (Wildman–Crippen MR) is 97.1 cm³/mol. The molecule has 0 saturated heterocycles. The van der Waals surface area contributed by atoms with Gasteiger partial charge in [-0.15, -0.1) is 0 Å². The molecular weight excluding hydrogens is 322 g/mol. The van der Waals surface area contributed by atoms with Gasteiger partial charge in [-0.05, 0) is 36.8 Å². The van der Waals surface area contributed by atoms with Crippen LogP contribution < -0.4 is 5.32 Å². The smallest absolute Gasteiger partial charge is 0.234 e. The molecule has 0 saturated carbocycles. The summed E-state index contributed by atoms with van der Waals surface area (Å²) in [5, 5.41) is 12.8. The van der Waals surface area contributed by atoms with Crippen molar-refractivity contribution in [3.05, 3.63) is 54.1 Å². The average Bonchev–Trinajstić information content (AvgIpc) is 2.97. The standard InChI is InChI=1S/C18H19N3O2S/c1-2-21-16-9-4-3-8-15(16)20-18(21)24-12-17(23)19-14-7-5-6-13(10-14)11-22/h3-10,22H,2,11-12H2,1H3,(H,19,23). The van der Waals surface area contributed by atoms with Crippen LogP contribution >= 0.6 is 11.8 Å². The summed E-state index contributed by atoms with van der Waals surface area (Å²) in [6.45, 7) is 2.83. The fourth-order valence-electron chi connectivity index (χ4n) is 2.54. The number of para-hydroxylation sites is 2. The summed E-state index contributed by atoms with van der Waals surface area (Å²) in [5.74, 6) is 0.192. The Balaban J connectivity index is 1.68. The van der Waals surface area contributed by atoms with Gasteiger partial charge in [0, 0.05) is 12.2 Å². The number of anilines is 1. The van der Waals surface area contributed by atoms with E-state index in [1.54, 1.807) is 6.07 Å². The fourth-order valence-corrected chi connectivity index (χ4v) is 3.42. The SMILES string of the molecule is CCn1c(SCC(=O)Nc2cccc(CO)c2)nc2ccccc21. The molecule has 0 atom stereocenters. The Labute approximate surface area is 144 Å². The van der Waals surface area contributed by atoms with Gasteiger partial charge in [0.15, 0.2) is 5.16 Å². The summed E-state index contributed by atoms with van der Waals surface area (Å²) in [4.78, 5) is 16.8. The third-order valence-electron chi connectivity index (χ3n) is 3.66. The summed E-state index contributed by atoms with van der Waals surface area (Å²) in [7, 11) is 0. The lowest BCUT2D eigenvalue weighted by Crippen LogP contribution is -2.14. The van der Waals surface area contributed by atoms with Gasteiger partial charge in [-0.25, -0.2) is 4.98 Å². The van der Waals surface area contributed by atoms with E-state index in [0.717, 1.165) is 28.3 Å². The number of rotatable bonds is 6. The number of nitrogens with zero attached hydrogens (tertiary/aromatic N) is 2. The number of aryl methyl sites for hydroxylation is 1. The molecule has 3 rings (SSSR count). The Kier molecular flexibility index (Phi) is 5.17. The molecule has 1 aromatic heterocycles. The molecule has 0 unspecified atom stereocenters. The van der Waals surface area contributed by atoms with Crippen LogP contribution in [0.2, 0.25) is 0 Å². The summed E-state index contributed by atoms with van der Waals surface area (Å²) in [6.07, 6.45) is 0. The minimum absolute atomic E-state index is 0.0427. The van der Waals surface area contributed by atoms with Crippen LogP contribution in [0.1, 0.15) is 12.5 Å². The highest BCUT2D eigenvalue weighted by atomic mass is 32.2. The number of aliphatic hydroxyl groups excluding tert-OH is 1. The van der Waals surface area contributed by atoms with Crippen LogP contribution in [0.4, 0.5) is 5.69 Å². The fraction of sp³-hybridized carbons (Fsp3) is 0.222. The molecule has 0 aliphatic rings. The van der Waals surface area contributed by atoms with E-state index in [1.807, 2.05) is 42.5 Å². The van der Waals surface area contributed by atoms with Crippen molar-refractivity contribution in [1.82, 2.24) is 9.55 Å². The maximum absolute atomic E-state index is 12.2. The van der Waals surface area contributed by atoms with Crippen molar-refractivity contribution in [2.24, 2.45) is 0 Å².